The fraction of sp³-hybridized carbons (Fsp3) is 0.273. The fourth-order valence-corrected chi connectivity index (χ4v) is 3.42. The molecule has 0 unspecified atom stereocenters. The molecule has 3 aromatic rings. The molecular formula is C22H23NO2S. The van der Waals surface area contributed by atoms with E-state index in [4.69, 9.17) is 4.74 Å². The Balaban J connectivity index is 1.64. The summed E-state index contributed by atoms with van der Waals surface area (Å²) in [5.74, 6) is 0.199. The molecule has 0 aliphatic carbocycles. The predicted octanol–water partition coefficient (Wildman–Crippen LogP) is 5.91. The van der Waals surface area contributed by atoms with E-state index < -0.39 is 0 Å². The molecule has 0 atom stereocenters. The Morgan fingerprint density at radius 1 is 1.08 bits per heavy atom. The van der Waals surface area contributed by atoms with Gasteiger partial charge in [-0.2, -0.15) is 0 Å². The molecule has 0 saturated heterocycles. The van der Waals surface area contributed by atoms with Crippen molar-refractivity contribution in [2.75, 3.05) is 0 Å². The van der Waals surface area contributed by atoms with Crippen LogP contribution in [0, 0.1) is 13.8 Å². The highest BCUT2D eigenvalue weighted by molar-refractivity contribution is 7.13. The Morgan fingerprint density at radius 2 is 1.81 bits per heavy atom. The average molecular weight is 365 g/mol. The molecule has 4 heteroatoms. The number of rotatable bonds is 5. The summed E-state index contributed by atoms with van der Waals surface area (Å²) in [6.07, 6.45) is 0. The molecule has 2 aromatic carbocycles. The first-order chi connectivity index (χ1) is 12.4. The van der Waals surface area contributed by atoms with Crippen LogP contribution in [0.2, 0.25) is 0 Å². The number of carbonyl (C=O) groups excluding carboxylic acids is 1. The second kappa shape index (κ2) is 7.83. The van der Waals surface area contributed by atoms with Gasteiger partial charge in [0.15, 0.2) is 0 Å². The Morgan fingerprint density at radius 3 is 2.46 bits per heavy atom. The van der Waals surface area contributed by atoms with E-state index in [9.17, 15) is 4.79 Å². The van der Waals surface area contributed by atoms with Crippen LogP contribution in [0.15, 0.2) is 47.8 Å². The Hall–Kier alpha value is -2.46. The van der Waals surface area contributed by atoms with E-state index in [2.05, 4.69) is 43.1 Å². The van der Waals surface area contributed by atoms with E-state index >= 15 is 0 Å². The normalized spacial score (nSPS) is 11.0. The first kappa shape index (κ1) is 18.3. The number of aryl methyl sites for hydroxylation is 2. The summed E-state index contributed by atoms with van der Waals surface area (Å²) in [5, 5.41) is 2.89. The van der Waals surface area contributed by atoms with Gasteiger partial charge in [0.05, 0.1) is 11.3 Å². The quantitative estimate of drug-likeness (QED) is 0.528. The molecule has 0 spiro atoms. The van der Waals surface area contributed by atoms with Crippen molar-refractivity contribution in [1.29, 1.82) is 0 Å². The number of benzene rings is 2. The standard InChI is InChI=1S/C22H23NO2S/c1-14(2)17-7-9-18(10-8-17)21-23-20(13-26-21)12-25-22(24)19-6-5-15(3)16(4)11-19/h5-11,13-14H,12H2,1-4H3. The lowest BCUT2D eigenvalue weighted by Crippen LogP contribution is -2.06. The maximum atomic E-state index is 12.2. The van der Waals surface area contributed by atoms with Crippen LogP contribution in [0.4, 0.5) is 0 Å². The molecule has 3 nitrogen and oxygen atoms in total. The van der Waals surface area contributed by atoms with E-state index in [1.165, 1.54) is 5.56 Å². The van der Waals surface area contributed by atoms with E-state index in [-0.39, 0.29) is 12.6 Å². The maximum Gasteiger partial charge on any atom is 0.338 e. The molecule has 1 aromatic heterocycles. The van der Waals surface area contributed by atoms with Gasteiger partial charge in [-0.3, -0.25) is 0 Å². The molecule has 1 heterocycles. The zero-order chi connectivity index (χ0) is 18.7. The molecule has 0 amide bonds. The van der Waals surface area contributed by atoms with Crippen LogP contribution in [0.25, 0.3) is 10.6 Å². The van der Waals surface area contributed by atoms with Crippen molar-refractivity contribution in [3.63, 3.8) is 0 Å². The third-order valence-corrected chi connectivity index (χ3v) is 5.41. The molecule has 0 radical (unpaired) electrons. The summed E-state index contributed by atoms with van der Waals surface area (Å²) in [4.78, 5) is 16.8. The Bertz CT molecular complexity index is 910. The molecule has 0 bridgehead atoms. The Labute approximate surface area is 158 Å². The van der Waals surface area contributed by atoms with Crippen LogP contribution in [-0.2, 0) is 11.3 Å². The van der Waals surface area contributed by atoms with Gasteiger partial charge in [-0.25, -0.2) is 9.78 Å². The van der Waals surface area contributed by atoms with Crippen molar-refractivity contribution in [3.8, 4) is 10.6 Å². The lowest BCUT2D eigenvalue weighted by atomic mass is 10.0. The van der Waals surface area contributed by atoms with Crippen molar-refractivity contribution >= 4 is 17.3 Å². The second-order valence-electron chi connectivity index (χ2n) is 6.80. The van der Waals surface area contributed by atoms with E-state index in [1.807, 2.05) is 31.4 Å². The summed E-state index contributed by atoms with van der Waals surface area (Å²) in [6.45, 7) is 8.56. The van der Waals surface area contributed by atoms with Crippen LogP contribution in [0.5, 0.6) is 0 Å². The minimum absolute atomic E-state index is 0.187. The average Bonchev–Trinajstić information content (AvgIpc) is 3.11. The molecule has 134 valence electrons. The minimum atomic E-state index is -0.316. The van der Waals surface area contributed by atoms with Crippen molar-refractivity contribution in [1.82, 2.24) is 4.98 Å². The zero-order valence-corrected chi connectivity index (χ0v) is 16.4. The van der Waals surface area contributed by atoms with Crippen molar-refractivity contribution in [3.05, 3.63) is 75.8 Å². The number of carbonyl (C=O) groups is 1. The van der Waals surface area contributed by atoms with Gasteiger partial charge < -0.3 is 4.74 Å². The van der Waals surface area contributed by atoms with Crippen LogP contribution in [-0.4, -0.2) is 11.0 Å². The SMILES string of the molecule is Cc1ccc(C(=O)OCc2csc(-c3ccc(C(C)C)cc3)n2)cc1C. The molecule has 0 aliphatic rings. The highest BCUT2D eigenvalue weighted by atomic mass is 32.1. The second-order valence-corrected chi connectivity index (χ2v) is 7.65. The smallest absolute Gasteiger partial charge is 0.338 e. The van der Waals surface area contributed by atoms with Gasteiger partial charge >= 0.3 is 5.97 Å². The highest BCUT2D eigenvalue weighted by Crippen LogP contribution is 2.26. The highest BCUT2D eigenvalue weighted by Gasteiger charge is 2.11. The number of hydrogen-bond donors (Lipinski definition) is 0. The summed E-state index contributed by atoms with van der Waals surface area (Å²) in [7, 11) is 0. The van der Waals surface area contributed by atoms with Gasteiger partial charge in [0.25, 0.3) is 0 Å². The Kier molecular flexibility index (Phi) is 5.52. The third-order valence-electron chi connectivity index (χ3n) is 4.47. The van der Waals surface area contributed by atoms with Crippen molar-refractivity contribution in [2.24, 2.45) is 0 Å². The first-order valence-electron chi connectivity index (χ1n) is 8.73. The van der Waals surface area contributed by atoms with E-state index in [0.717, 1.165) is 27.4 Å². The fourth-order valence-electron chi connectivity index (χ4n) is 2.61. The lowest BCUT2D eigenvalue weighted by Gasteiger charge is -2.06. The van der Waals surface area contributed by atoms with Gasteiger partial charge in [0, 0.05) is 10.9 Å². The van der Waals surface area contributed by atoms with Gasteiger partial charge in [-0.1, -0.05) is 44.2 Å². The number of nitrogens with zero attached hydrogens (tertiary/aromatic N) is 1. The van der Waals surface area contributed by atoms with E-state index in [0.29, 0.717) is 11.5 Å². The summed E-state index contributed by atoms with van der Waals surface area (Å²) in [6, 6.07) is 14.1. The summed E-state index contributed by atoms with van der Waals surface area (Å²) in [5.41, 5.74) is 6.00. The number of esters is 1. The molecule has 0 fully saturated rings. The first-order valence-corrected chi connectivity index (χ1v) is 9.61. The topological polar surface area (TPSA) is 39.2 Å². The number of hydrogen-bond acceptors (Lipinski definition) is 4. The van der Waals surface area contributed by atoms with Gasteiger partial charge in [0.1, 0.15) is 11.6 Å². The van der Waals surface area contributed by atoms with E-state index in [1.54, 1.807) is 17.4 Å². The minimum Gasteiger partial charge on any atom is -0.456 e. The third kappa shape index (κ3) is 4.20. The van der Waals surface area contributed by atoms with Gasteiger partial charge in [-0.15, -0.1) is 11.3 Å². The summed E-state index contributed by atoms with van der Waals surface area (Å²) < 4.78 is 5.41. The molecule has 3 rings (SSSR count). The number of ether oxygens (including phenoxy) is 1. The maximum absolute atomic E-state index is 12.2. The monoisotopic (exact) mass is 365 g/mol. The summed E-state index contributed by atoms with van der Waals surface area (Å²) >= 11 is 1.57. The molecular weight excluding hydrogens is 342 g/mol. The van der Waals surface area contributed by atoms with Crippen LogP contribution in [0.1, 0.15) is 52.5 Å². The molecule has 0 N–H and O–H groups in total. The van der Waals surface area contributed by atoms with Gasteiger partial charge in [-0.05, 0) is 48.6 Å². The van der Waals surface area contributed by atoms with Crippen molar-refractivity contribution < 1.29 is 9.53 Å². The lowest BCUT2D eigenvalue weighted by molar-refractivity contribution is 0.0468. The van der Waals surface area contributed by atoms with Crippen LogP contribution < -0.4 is 0 Å². The predicted molar refractivity (Wildman–Crippen MR) is 107 cm³/mol. The van der Waals surface area contributed by atoms with Crippen LogP contribution >= 0.6 is 11.3 Å². The van der Waals surface area contributed by atoms with Crippen LogP contribution in [0.3, 0.4) is 0 Å². The van der Waals surface area contributed by atoms with Gasteiger partial charge in [0.2, 0.25) is 0 Å². The molecule has 0 aliphatic heterocycles. The largest absolute Gasteiger partial charge is 0.456 e. The number of thiazole rings is 1. The van der Waals surface area contributed by atoms with Crippen molar-refractivity contribution in [2.45, 2.75) is 40.2 Å². The molecule has 26 heavy (non-hydrogen) atoms. The zero-order valence-electron chi connectivity index (χ0n) is 15.6. The number of aromatic nitrogens is 1. The molecule has 0 saturated carbocycles.